The topological polar surface area (TPSA) is 46.4 Å². The molecule has 0 unspecified atom stereocenters. The van der Waals surface area contributed by atoms with Gasteiger partial charge < -0.3 is 5.32 Å². The Hall–Kier alpha value is -2.57. The molecule has 4 rings (SSSR count). The van der Waals surface area contributed by atoms with Gasteiger partial charge >= 0.3 is 0 Å². The minimum absolute atomic E-state index is 0.0301. The summed E-state index contributed by atoms with van der Waals surface area (Å²) in [5, 5.41) is 5.37. The highest BCUT2D eigenvalue weighted by atomic mass is 32.2. The number of anilines is 1. The molecule has 4 nitrogen and oxygen atoms in total. The van der Waals surface area contributed by atoms with Crippen LogP contribution in [0.5, 0.6) is 0 Å². The maximum absolute atomic E-state index is 12.3. The van der Waals surface area contributed by atoms with Crippen LogP contribution < -0.4 is 10.9 Å². The van der Waals surface area contributed by atoms with Crippen molar-refractivity contribution in [3.8, 4) is 0 Å². The van der Waals surface area contributed by atoms with Crippen molar-refractivity contribution in [1.29, 1.82) is 0 Å². The number of fused-ring (bicyclic) bond motifs is 1. The van der Waals surface area contributed by atoms with Crippen LogP contribution in [0.2, 0.25) is 0 Å². The van der Waals surface area contributed by atoms with Gasteiger partial charge in [0.15, 0.2) is 4.96 Å². The summed E-state index contributed by atoms with van der Waals surface area (Å²) in [5.74, 6) is 0. The van der Waals surface area contributed by atoms with Crippen LogP contribution in [0, 0.1) is 6.92 Å². The van der Waals surface area contributed by atoms with Crippen molar-refractivity contribution in [3.63, 3.8) is 0 Å². The normalized spacial score (nSPS) is 11.0. The second-order valence-corrected chi connectivity index (χ2v) is 7.80. The fourth-order valence-corrected chi connectivity index (χ4v) is 4.53. The molecule has 4 aromatic rings. The molecule has 0 saturated heterocycles. The Morgan fingerprint density at radius 2 is 1.88 bits per heavy atom. The number of nitrogens with zero attached hydrogens (tertiary/aromatic N) is 2. The number of aromatic nitrogens is 2. The van der Waals surface area contributed by atoms with Crippen LogP contribution in [0.1, 0.15) is 11.4 Å². The molecule has 0 atom stereocenters. The first-order chi connectivity index (χ1) is 12.7. The highest BCUT2D eigenvalue weighted by Gasteiger charge is 2.08. The minimum Gasteiger partial charge on any atom is -0.378 e. The van der Waals surface area contributed by atoms with E-state index >= 15 is 0 Å². The third-order valence-electron chi connectivity index (χ3n) is 3.95. The summed E-state index contributed by atoms with van der Waals surface area (Å²) in [6.45, 7) is 2.43. The lowest BCUT2D eigenvalue weighted by Gasteiger charge is -2.11. The Balaban J connectivity index is 1.56. The number of hydrogen-bond donors (Lipinski definition) is 1. The molecule has 0 radical (unpaired) electrons. The summed E-state index contributed by atoms with van der Waals surface area (Å²) in [6, 6.07) is 20.1. The Bertz CT molecular complexity index is 1100. The molecule has 1 N–H and O–H groups in total. The van der Waals surface area contributed by atoms with Crippen LogP contribution in [0.3, 0.4) is 0 Å². The van der Waals surface area contributed by atoms with Gasteiger partial charge in [-0.25, -0.2) is 4.98 Å². The van der Waals surface area contributed by atoms with Crippen LogP contribution in [-0.4, -0.2) is 9.38 Å². The number of aryl methyl sites for hydroxylation is 1. The molecule has 0 aliphatic heterocycles. The van der Waals surface area contributed by atoms with Crippen molar-refractivity contribution in [3.05, 3.63) is 87.8 Å². The minimum atomic E-state index is -0.0301. The Morgan fingerprint density at radius 1 is 1.12 bits per heavy atom. The lowest BCUT2D eigenvalue weighted by Crippen LogP contribution is -2.16. The maximum Gasteiger partial charge on any atom is 0.259 e. The first-order valence-electron chi connectivity index (χ1n) is 8.23. The van der Waals surface area contributed by atoms with Gasteiger partial charge in [0.1, 0.15) is 0 Å². The fraction of sp³-hybridized carbons (Fsp3) is 0.100. The van der Waals surface area contributed by atoms with Gasteiger partial charge in [-0.2, -0.15) is 0 Å². The van der Waals surface area contributed by atoms with E-state index in [-0.39, 0.29) is 5.56 Å². The van der Waals surface area contributed by atoms with Gasteiger partial charge in [0, 0.05) is 32.6 Å². The lowest BCUT2D eigenvalue weighted by molar-refractivity contribution is 0.963. The van der Waals surface area contributed by atoms with Crippen molar-refractivity contribution >= 4 is 33.7 Å². The van der Waals surface area contributed by atoms with E-state index in [0.29, 0.717) is 6.54 Å². The monoisotopic (exact) mass is 379 g/mol. The fourth-order valence-electron chi connectivity index (χ4n) is 2.69. The molecule has 0 saturated carbocycles. The maximum atomic E-state index is 12.3. The van der Waals surface area contributed by atoms with Gasteiger partial charge in [0.2, 0.25) is 0 Å². The quantitative estimate of drug-likeness (QED) is 0.540. The molecule has 2 aromatic carbocycles. The van der Waals surface area contributed by atoms with Gasteiger partial charge in [0.25, 0.3) is 5.56 Å². The van der Waals surface area contributed by atoms with Crippen LogP contribution in [-0.2, 0) is 6.54 Å². The lowest BCUT2D eigenvalue weighted by atomic mass is 10.3. The van der Waals surface area contributed by atoms with E-state index in [1.807, 2.05) is 48.7 Å². The van der Waals surface area contributed by atoms with Crippen molar-refractivity contribution in [1.82, 2.24) is 9.38 Å². The Kier molecular flexibility index (Phi) is 4.77. The van der Waals surface area contributed by atoms with Crippen LogP contribution in [0.4, 0.5) is 5.69 Å². The summed E-state index contributed by atoms with van der Waals surface area (Å²) < 4.78 is 1.65. The van der Waals surface area contributed by atoms with E-state index in [0.717, 1.165) is 26.9 Å². The second kappa shape index (κ2) is 7.35. The molecular formula is C20H17N3OS2. The highest BCUT2D eigenvalue weighted by Crippen LogP contribution is 2.33. The molecule has 0 spiro atoms. The van der Waals surface area contributed by atoms with Crippen molar-refractivity contribution < 1.29 is 0 Å². The van der Waals surface area contributed by atoms with E-state index < -0.39 is 0 Å². The van der Waals surface area contributed by atoms with Gasteiger partial charge in [-0.15, -0.1) is 11.3 Å². The number of rotatable bonds is 5. The van der Waals surface area contributed by atoms with E-state index in [1.165, 1.54) is 16.2 Å². The van der Waals surface area contributed by atoms with Gasteiger partial charge in [-0.1, -0.05) is 42.1 Å². The van der Waals surface area contributed by atoms with E-state index in [9.17, 15) is 4.79 Å². The predicted octanol–water partition coefficient (Wildman–Crippen LogP) is 4.83. The average Bonchev–Trinajstić information content (AvgIpc) is 3.03. The largest absolute Gasteiger partial charge is 0.378 e. The summed E-state index contributed by atoms with van der Waals surface area (Å²) >= 11 is 3.20. The molecule has 6 heteroatoms. The predicted molar refractivity (Wildman–Crippen MR) is 108 cm³/mol. The molecule has 0 bridgehead atoms. The number of benzene rings is 2. The zero-order chi connectivity index (χ0) is 17.9. The van der Waals surface area contributed by atoms with Crippen molar-refractivity contribution in [2.24, 2.45) is 0 Å². The van der Waals surface area contributed by atoms with Gasteiger partial charge in [-0.3, -0.25) is 9.20 Å². The summed E-state index contributed by atoms with van der Waals surface area (Å²) in [7, 11) is 0. The molecule has 0 amide bonds. The number of hydrogen-bond acceptors (Lipinski definition) is 5. The van der Waals surface area contributed by atoms with Crippen molar-refractivity contribution in [2.45, 2.75) is 23.3 Å². The van der Waals surface area contributed by atoms with E-state index in [4.69, 9.17) is 0 Å². The molecule has 2 aromatic heterocycles. The zero-order valence-corrected chi connectivity index (χ0v) is 15.8. The SMILES string of the molecule is Cc1csc2nc(CNc3ccccc3Sc3ccccc3)cc(=O)n12. The van der Waals surface area contributed by atoms with E-state index in [1.54, 1.807) is 22.2 Å². The first-order valence-corrected chi connectivity index (χ1v) is 9.93. The molecule has 130 valence electrons. The molecule has 26 heavy (non-hydrogen) atoms. The van der Waals surface area contributed by atoms with Gasteiger partial charge in [-0.05, 0) is 31.2 Å². The zero-order valence-electron chi connectivity index (χ0n) is 14.2. The summed E-state index contributed by atoms with van der Waals surface area (Å²) in [5.41, 5.74) is 2.67. The Labute approximate surface area is 159 Å². The smallest absolute Gasteiger partial charge is 0.259 e. The van der Waals surface area contributed by atoms with Crippen molar-refractivity contribution in [2.75, 3.05) is 5.32 Å². The molecule has 2 heterocycles. The number of para-hydroxylation sites is 1. The summed E-state index contributed by atoms with van der Waals surface area (Å²) in [6.07, 6.45) is 0. The molecule has 0 aliphatic carbocycles. The standard InChI is InChI=1S/C20H17N3OS2/c1-14-13-25-20-22-15(11-19(24)23(14)20)12-21-17-9-5-6-10-18(17)26-16-7-3-2-4-8-16/h2-11,13,21H,12H2,1H3. The van der Waals surface area contributed by atoms with Gasteiger partial charge in [0.05, 0.1) is 12.2 Å². The first kappa shape index (κ1) is 16.9. The molecule has 0 aliphatic rings. The molecular weight excluding hydrogens is 362 g/mol. The van der Waals surface area contributed by atoms with E-state index in [2.05, 4.69) is 28.5 Å². The Morgan fingerprint density at radius 3 is 2.73 bits per heavy atom. The average molecular weight is 380 g/mol. The van der Waals surface area contributed by atoms with Crippen LogP contribution in [0.15, 0.2) is 80.6 Å². The highest BCUT2D eigenvalue weighted by molar-refractivity contribution is 7.99. The summed E-state index contributed by atoms with van der Waals surface area (Å²) in [4.78, 5) is 20.0. The third kappa shape index (κ3) is 3.52. The number of nitrogens with one attached hydrogen (secondary N) is 1. The third-order valence-corrected chi connectivity index (χ3v) is 5.97. The van der Waals surface area contributed by atoms with Crippen LogP contribution >= 0.6 is 23.1 Å². The second-order valence-electron chi connectivity index (χ2n) is 5.85. The van der Waals surface area contributed by atoms with Crippen LogP contribution in [0.25, 0.3) is 4.96 Å². The molecule has 0 fully saturated rings. The number of thiazole rings is 1.